The summed E-state index contributed by atoms with van der Waals surface area (Å²) in [6.45, 7) is 2.19. The summed E-state index contributed by atoms with van der Waals surface area (Å²) in [5.41, 5.74) is 6.12. The van der Waals surface area contributed by atoms with Gasteiger partial charge >= 0.3 is 5.97 Å². The smallest absolute Gasteiger partial charge is 0.337 e. The molecule has 0 aliphatic heterocycles. The number of carbonyl (C=O) groups is 1. The molecule has 4 heteroatoms. The fourth-order valence-corrected chi connectivity index (χ4v) is 2.78. The summed E-state index contributed by atoms with van der Waals surface area (Å²) in [5, 5.41) is 8.94. The van der Waals surface area contributed by atoms with Crippen molar-refractivity contribution in [3.05, 3.63) is 23.8 Å². The van der Waals surface area contributed by atoms with E-state index in [1.165, 1.54) is 25.3 Å². The second-order valence-corrected chi connectivity index (χ2v) is 5.16. The zero-order chi connectivity index (χ0) is 13.8. The molecule has 0 amide bonds. The zero-order valence-electron chi connectivity index (χ0n) is 11.3. The van der Waals surface area contributed by atoms with E-state index in [0.717, 1.165) is 12.8 Å². The van der Waals surface area contributed by atoms with E-state index in [2.05, 4.69) is 6.92 Å². The van der Waals surface area contributed by atoms with Gasteiger partial charge in [0.15, 0.2) is 0 Å². The highest BCUT2D eigenvalue weighted by atomic mass is 16.5. The van der Waals surface area contributed by atoms with Crippen LogP contribution in [0.5, 0.6) is 5.75 Å². The van der Waals surface area contributed by atoms with E-state index in [1.54, 1.807) is 12.1 Å². The maximum Gasteiger partial charge on any atom is 0.337 e. The first kappa shape index (κ1) is 13.7. The van der Waals surface area contributed by atoms with Crippen molar-refractivity contribution in [3.63, 3.8) is 0 Å². The first-order valence-electron chi connectivity index (χ1n) is 6.91. The third-order valence-corrected chi connectivity index (χ3v) is 3.90. The molecule has 1 aromatic carbocycles. The highest BCUT2D eigenvalue weighted by molar-refractivity contribution is 5.93. The van der Waals surface area contributed by atoms with Crippen molar-refractivity contribution in [2.24, 2.45) is 5.92 Å². The molecule has 2 unspecified atom stereocenters. The number of anilines is 1. The second kappa shape index (κ2) is 5.95. The lowest BCUT2D eigenvalue weighted by molar-refractivity contribution is 0.0697. The second-order valence-electron chi connectivity index (χ2n) is 5.16. The maximum atomic E-state index is 10.9. The number of nitrogens with two attached hydrogens (primary N) is 1. The average molecular weight is 263 g/mol. The highest BCUT2D eigenvalue weighted by Gasteiger charge is 2.25. The van der Waals surface area contributed by atoms with Crippen molar-refractivity contribution in [1.82, 2.24) is 0 Å². The molecule has 0 bridgehead atoms. The van der Waals surface area contributed by atoms with Crippen LogP contribution < -0.4 is 10.5 Å². The zero-order valence-corrected chi connectivity index (χ0v) is 11.3. The number of aromatic carboxylic acids is 1. The van der Waals surface area contributed by atoms with E-state index in [0.29, 0.717) is 11.7 Å². The van der Waals surface area contributed by atoms with Crippen molar-refractivity contribution in [1.29, 1.82) is 0 Å². The van der Waals surface area contributed by atoms with Crippen molar-refractivity contribution in [2.45, 2.75) is 45.1 Å². The van der Waals surface area contributed by atoms with E-state index >= 15 is 0 Å². The predicted molar refractivity (Wildman–Crippen MR) is 74.5 cm³/mol. The lowest BCUT2D eigenvalue weighted by Crippen LogP contribution is -2.29. The fourth-order valence-electron chi connectivity index (χ4n) is 2.78. The third-order valence-electron chi connectivity index (χ3n) is 3.90. The summed E-state index contributed by atoms with van der Waals surface area (Å²) < 4.78 is 6.00. The Morgan fingerprint density at radius 1 is 1.42 bits per heavy atom. The minimum atomic E-state index is -1.01. The van der Waals surface area contributed by atoms with Crippen LogP contribution in [0.15, 0.2) is 18.2 Å². The molecule has 1 aliphatic rings. The van der Waals surface area contributed by atoms with Gasteiger partial charge in [-0.05, 0) is 43.7 Å². The van der Waals surface area contributed by atoms with Gasteiger partial charge in [-0.25, -0.2) is 4.79 Å². The Hall–Kier alpha value is -1.71. The van der Waals surface area contributed by atoms with E-state index in [-0.39, 0.29) is 17.4 Å². The predicted octanol–water partition coefficient (Wildman–Crippen LogP) is 3.31. The monoisotopic (exact) mass is 263 g/mol. The van der Waals surface area contributed by atoms with E-state index in [4.69, 9.17) is 15.6 Å². The molecule has 0 radical (unpaired) electrons. The lowest BCUT2D eigenvalue weighted by atomic mass is 9.85. The Kier molecular flexibility index (Phi) is 4.30. The van der Waals surface area contributed by atoms with Crippen molar-refractivity contribution < 1.29 is 14.6 Å². The maximum absolute atomic E-state index is 10.9. The Balaban J connectivity index is 2.10. The summed E-state index contributed by atoms with van der Waals surface area (Å²) in [6.07, 6.45) is 6.10. The van der Waals surface area contributed by atoms with E-state index < -0.39 is 5.97 Å². The Morgan fingerprint density at radius 3 is 2.79 bits per heavy atom. The van der Waals surface area contributed by atoms with Gasteiger partial charge in [0.1, 0.15) is 11.9 Å². The average Bonchev–Trinajstić information content (AvgIpc) is 2.39. The van der Waals surface area contributed by atoms with Gasteiger partial charge in [-0.2, -0.15) is 0 Å². The largest absolute Gasteiger partial charge is 0.490 e. The molecule has 0 spiro atoms. The summed E-state index contributed by atoms with van der Waals surface area (Å²) in [5.74, 6) is 0.259. The molecule has 2 rings (SSSR count). The van der Waals surface area contributed by atoms with Crippen LogP contribution in [0.4, 0.5) is 5.69 Å². The van der Waals surface area contributed by atoms with Crippen LogP contribution in [0.2, 0.25) is 0 Å². The Morgan fingerprint density at radius 2 is 2.16 bits per heavy atom. The summed E-state index contributed by atoms with van der Waals surface area (Å²) in [4.78, 5) is 10.9. The molecule has 0 saturated heterocycles. The number of benzene rings is 1. The van der Waals surface area contributed by atoms with Crippen molar-refractivity contribution in [2.75, 3.05) is 5.73 Å². The number of hydrogen-bond acceptors (Lipinski definition) is 3. The first-order valence-corrected chi connectivity index (χ1v) is 6.91. The molecule has 104 valence electrons. The van der Waals surface area contributed by atoms with Crippen molar-refractivity contribution >= 4 is 11.7 Å². The molecule has 19 heavy (non-hydrogen) atoms. The van der Waals surface area contributed by atoms with Crippen molar-refractivity contribution in [3.8, 4) is 5.75 Å². The molecule has 1 aliphatic carbocycles. The normalized spacial score (nSPS) is 23.0. The molecule has 0 heterocycles. The van der Waals surface area contributed by atoms with E-state index in [1.807, 2.05) is 0 Å². The van der Waals surface area contributed by atoms with Crippen LogP contribution in [0, 0.1) is 5.92 Å². The molecule has 3 N–H and O–H groups in total. The van der Waals surface area contributed by atoms with Gasteiger partial charge in [0.2, 0.25) is 0 Å². The van der Waals surface area contributed by atoms with Crippen LogP contribution in [0.3, 0.4) is 0 Å². The number of hydrogen-bond donors (Lipinski definition) is 2. The molecule has 2 atom stereocenters. The minimum absolute atomic E-state index is 0.128. The lowest BCUT2D eigenvalue weighted by Gasteiger charge is -2.31. The van der Waals surface area contributed by atoms with Crippen LogP contribution >= 0.6 is 0 Å². The van der Waals surface area contributed by atoms with Gasteiger partial charge in [-0.3, -0.25) is 0 Å². The summed E-state index contributed by atoms with van der Waals surface area (Å²) >= 11 is 0. The fraction of sp³-hybridized carbons (Fsp3) is 0.533. The van der Waals surface area contributed by atoms with Gasteiger partial charge < -0.3 is 15.6 Å². The van der Waals surface area contributed by atoms with Crippen LogP contribution in [0.25, 0.3) is 0 Å². The van der Waals surface area contributed by atoms with Gasteiger partial charge in [0.25, 0.3) is 0 Å². The number of rotatable bonds is 4. The molecular weight excluding hydrogens is 242 g/mol. The Labute approximate surface area is 113 Å². The topological polar surface area (TPSA) is 72.5 Å². The van der Waals surface area contributed by atoms with Crippen LogP contribution in [-0.4, -0.2) is 17.2 Å². The van der Waals surface area contributed by atoms with Gasteiger partial charge in [0.05, 0.1) is 5.56 Å². The summed E-state index contributed by atoms with van der Waals surface area (Å²) in [6, 6.07) is 4.82. The third kappa shape index (κ3) is 3.19. The number of carboxylic acids is 1. The molecular formula is C15H21NO3. The SMILES string of the molecule is CCC1CCCCC1Oc1ccc(C(=O)O)c(N)c1. The van der Waals surface area contributed by atoms with Gasteiger partial charge in [-0.15, -0.1) is 0 Å². The number of nitrogen functional groups attached to an aromatic ring is 1. The molecule has 1 fully saturated rings. The van der Waals surface area contributed by atoms with E-state index in [9.17, 15) is 4.79 Å². The molecule has 0 aromatic heterocycles. The number of ether oxygens (including phenoxy) is 1. The first-order chi connectivity index (χ1) is 9.11. The quantitative estimate of drug-likeness (QED) is 0.817. The standard InChI is InChI=1S/C15H21NO3/c1-2-10-5-3-4-6-14(10)19-11-7-8-12(15(17)18)13(16)9-11/h7-10,14H,2-6,16H2,1H3,(H,17,18). The Bertz CT molecular complexity index is 459. The van der Waals surface area contributed by atoms with Gasteiger partial charge in [-0.1, -0.05) is 13.3 Å². The van der Waals surface area contributed by atoms with Crippen LogP contribution in [0.1, 0.15) is 49.4 Å². The molecule has 1 aromatic rings. The number of carboxylic acid groups (broad SMARTS) is 1. The summed E-state index contributed by atoms with van der Waals surface area (Å²) in [7, 11) is 0. The molecule has 4 nitrogen and oxygen atoms in total. The molecule has 1 saturated carbocycles. The minimum Gasteiger partial charge on any atom is -0.490 e. The highest BCUT2D eigenvalue weighted by Crippen LogP contribution is 2.31. The van der Waals surface area contributed by atoms with Crippen LogP contribution in [-0.2, 0) is 0 Å². The van der Waals surface area contributed by atoms with Gasteiger partial charge in [0, 0.05) is 11.8 Å².